The maximum atomic E-state index is 13.8. The van der Waals surface area contributed by atoms with Gasteiger partial charge in [0.05, 0.1) is 6.54 Å². The van der Waals surface area contributed by atoms with E-state index in [4.69, 9.17) is 0 Å². The topological polar surface area (TPSA) is 66.5 Å². The van der Waals surface area contributed by atoms with E-state index in [2.05, 4.69) is 0 Å². The number of sulfonamides is 1. The molecule has 0 aliphatic rings. The molecule has 142 valence electrons. The highest BCUT2D eigenvalue weighted by atomic mass is 32.2. The Morgan fingerprint density at radius 1 is 1.24 bits per heavy atom. The van der Waals surface area contributed by atoms with Crippen molar-refractivity contribution in [2.45, 2.75) is 31.3 Å². The fourth-order valence-corrected chi connectivity index (χ4v) is 3.37. The van der Waals surface area contributed by atoms with Crippen molar-refractivity contribution in [3.63, 3.8) is 0 Å². The van der Waals surface area contributed by atoms with Crippen LogP contribution >= 0.6 is 0 Å². The minimum Gasteiger partial charge on any atom is -0.346 e. The first kappa shape index (κ1) is 21.4. The molecule has 1 aromatic rings. The van der Waals surface area contributed by atoms with Crippen LogP contribution in [0.5, 0.6) is 0 Å². The van der Waals surface area contributed by atoms with Crippen LogP contribution in [0.25, 0.3) is 0 Å². The second-order valence-electron chi connectivity index (χ2n) is 5.84. The molecule has 0 spiro atoms. The summed E-state index contributed by atoms with van der Waals surface area (Å²) < 4.78 is 76.2. The van der Waals surface area contributed by atoms with Crippen molar-refractivity contribution < 1.29 is 30.8 Å². The van der Waals surface area contributed by atoms with Crippen LogP contribution in [0.2, 0.25) is 0 Å². The number of carbonyl (C=O) groups excluding carboxylic acids is 1. The molecule has 0 bridgehead atoms. The molecule has 0 heterocycles. The molecule has 25 heavy (non-hydrogen) atoms. The summed E-state index contributed by atoms with van der Waals surface area (Å²) >= 11 is 0. The Bertz CT molecular complexity index is 690. The molecule has 1 rings (SSSR count). The van der Waals surface area contributed by atoms with Crippen molar-refractivity contribution in [2.75, 3.05) is 19.6 Å². The highest BCUT2D eigenvalue weighted by molar-refractivity contribution is 7.89. The number of nitrogens with zero attached hydrogens (tertiary/aromatic N) is 1. The van der Waals surface area contributed by atoms with Gasteiger partial charge in [0.25, 0.3) is 0 Å². The smallest absolute Gasteiger partial charge is 0.346 e. The first-order chi connectivity index (χ1) is 11.4. The predicted molar refractivity (Wildman–Crippen MR) is 83.7 cm³/mol. The zero-order valence-corrected chi connectivity index (χ0v) is 14.6. The monoisotopic (exact) mass is 384 g/mol. The number of hydrogen-bond donors (Lipinski definition) is 1. The van der Waals surface area contributed by atoms with Gasteiger partial charge in [0.2, 0.25) is 15.9 Å². The summed E-state index contributed by atoms with van der Waals surface area (Å²) in [6.45, 7) is 1.13. The standard InChI is InChI=1S/C15H20F4N2O3S/c1-11(2)7-8-21(9-14(22)20-10-15(17,18)19)25(23,24)13-6-4-3-5-12(13)16/h3-6,11H,7-10H2,1-2H3,(H,20,22). The molecule has 0 radical (unpaired) electrons. The zero-order valence-electron chi connectivity index (χ0n) is 13.8. The van der Waals surface area contributed by atoms with Gasteiger partial charge in [-0.25, -0.2) is 12.8 Å². The minimum atomic E-state index is -4.61. The summed E-state index contributed by atoms with van der Waals surface area (Å²) in [7, 11) is -4.36. The summed E-state index contributed by atoms with van der Waals surface area (Å²) in [6, 6.07) is 4.63. The van der Waals surface area contributed by atoms with Crippen molar-refractivity contribution in [2.24, 2.45) is 5.92 Å². The van der Waals surface area contributed by atoms with Gasteiger partial charge in [-0.3, -0.25) is 4.79 Å². The van der Waals surface area contributed by atoms with Crippen molar-refractivity contribution in [1.82, 2.24) is 9.62 Å². The molecule has 1 N–H and O–H groups in total. The molecule has 0 fully saturated rings. The summed E-state index contributed by atoms with van der Waals surface area (Å²) in [6.07, 6.45) is -4.25. The number of hydrogen-bond acceptors (Lipinski definition) is 3. The van der Waals surface area contributed by atoms with E-state index < -0.39 is 45.9 Å². The van der Waals surface area contributed by atoms with Crippen LogP contribution in [0.3, 0.4) is 0 Å². The number of rotatable bonds is 8. The molecule has 0 saturated heterocycles. The minimum absolute atomic E-state index is 0.0801. The van der Waals surface area contributed by atoms with Crippen LogP contribution in [-0.4, -0.2) is 44.4 Å². The van der Waals surface area contributed by atoms with Gasteiger partial charge >= 0.3 is 6.18 Å². The molecule has 0 atom stereocenters. The van der Waals surface area contributed by atoms with Gasteiger partial charge in [-0.1, -0.05) is 26.0 Å². The third kappa shape index (κ3) is 6.99. The second kappa shape index (κ2) is 8.61. The Hall–Kier alpha value is -1.68. The molecule has 10 heteroatoms. The lowest BCUT2D eigenvalue weighted by atomic mass is 10.1. The van der Waals surface area contributed by atoms with Gasteiger partial charge in [0, 0.05) is 6.54 Å². The summed E-state index contributed by atoms with van der Waals surface area (Å²) in [5.74, 6) is -2.02. The number of carbonyl (C=O) groups is 1. The Labute approximate surface area is 144 Å². The fraction of sp³-hybridized carbons (Fsp3) is 0.533. The van der Waals surface area contributed by atoms with Gasteiger partial charge in [-0.2, -0.15) is 17.5 Å². The van der Waals surface area contributed by atoms with Crippen LogP contribution in [0.15, 0.2) is 29.2 Å². The maximum absolute atomic E-state index is 13.8. The van der Waals surface area contributed by atoms with E-state index in [1.807, 2.05) is 13.8 Å². The number of halogens is 4. The molecule has 0 saturated carbocycles. The van der Waals surface area contributed by atoms with Crippen LogP contribution < -0.4 is 5.32 Å². The maximum Gasteiger partial charge on any atom is 0.405 e. The molecular formula is C15H20F4N2O3S. The van der Waals surface area contributed by atoms with Crippen LogP contribution in [0.4, 0.5) is 17.6 Å². The SMILES string of the molecule is CC(C)CCN(CC(=O)NCC(F)(F)F)S(=O)(=O)c1ccccc1F. The van der Waals surface area contributed by atoms with E-state index in [-0.39, 0.29) is 12.5 Å². The van der Waals surface area contributed by atoms with Crippen molar-refractivity contribution >= 4 is 15.9 Å². The largest absolute Gasteiger partial charge is 0.405 e. The molecule has 0 unspecified atom stereocenters. The quantitative estimate of drug-likeness (QED) is 0.701. The van der Waals surface area contributed by atoms with E-state index in [0.29, 0.717) is 10.7 Å². The molecule has 5 nitrogen and oxygen atoms in total. The van der Waals surface area contributed by atoms with Crippen molar-refractivity contribution in [3.8, 4) is 0 Å². The number of amides is 1. The Balaban J connectivity index is 3.00. The van der Waals surface area contributed by atoms with Crippen molar-refractivity contribution in [1.29, 1.82) is 0 Å². The van der Waals surface area contributed by atoms with E-state index in [9.17, 15) is 30.8 Å². The van der Waals surface area contributed by atoms with Crippen LogP contribution in [0.1, 0.15) is 20.3 Å². The lowest BCUT2D eigenvalue weighted by Crippen LogP contribution is -2.44. The van der Waals surface area contributed by atoms with Gasteiger partial charge in [-0.05, 0) is 24.5 Å². The number of alkyl halides is 3. The van der Waals surface area contributed by atoms with E-state index in [0.717, 1.165) is 12.1 Å². The molecule has 0 aromatic heterocycles. The Morgan fingerprint density at radius 3 is 2.36 bits per heavy atom. The van der Waals surface area contributed by atoms with E-state index >= 15 is 0 Å². The van der Waals surface area contributed by atoms with Gasteiger partial charge in [-0.15, -0.1) is 0 Å². The molecule has 1 amide bonds. The average Bonchev–Trinajstić information content (AvgIpc) is 2.48. The highest BCUT2D eigenvalue weighted by Gasteiger charge is 2.31. The summed E-state index contributed by atoms with van der Waals surface area (Å²) in [5.41, 5.74) is 0. The molecular weight excluding hydrogens is 364 g/mol. The first-order valence-electron chi connectivity index (χ1n) is 7.51. The normalized spacial score (nSPS) is 12.6. The third-order valence-corrected chi connectivity index (χ3v) is 5.09. The van der Waals surface area contributed by atoms with E-state index in [1.54, 1.807) is 5.32 Å². The van der Waals surface area contributed by atoms with E-state index in [1.165, 1.54) is 12.1 Å². The lowest BCUT2D eigenvalue weighted by Gasteiger charge is -2.23. The predicted octanol–water partition coefficient (Wildman–Crippen LogP) is 2.54. The average molecular weight is 384 g/mol. The van der Waals surface area contributed by atoms with Crippen molar-refractivity contribution in [3.05, 3.63) is 30.1 Å². The zero-order chi connectivity index (χ0) is 19.3. The summed E-state index contributed by atoms with van der Waals surface area (Å²) in [5, 5.41) is 1.62. The Morgan fingerprint density at radius 2 is 1.84 bits per heavy atom. The van der Waals surface area contributed by atoms with Gasteiger partial charge in [0.1, 0.15) is 17.3 Å². The summed E-state index contributed by atoms with van der Waals surface area (Å²) in [4.78, 5) is 11.1. The number of benzene rings is 1. The lowest BCUT2D eigenvalue weighted by molar-refractivity contribution is -0.138. The molecule has 0 aliphatic carbocycles. The third-order valence-electron chi connectivity index (χ3n) is 3.22. The Kier molecular flexibility index (Phi) is 7.36. The van der Waals surface area contributed by atoms with Crippen LogP contribution in [0, 0.1) is 11.7 Å². The second-order valence-corrected chi connectivity index (χ2v) is 7.75. The van der Waals surface area contributed by atoms with Crippen LogP contribution in [-0.2, 0) is 14.8 Å². The molecule has 1 aromatic carbocycles. The highest BCUT2D eigenvalue weighted by Crippen LogP contribution is 2.20. The van der Waals surface area contributed by atoms with Gasteiger partial charge < -0.3 is 5.32 Å². The van der Waals surface area contributed by atoms with Gasteiger partial charge in [0.15, 0.2) is 0 Å². The molecule has 0 aliphatic heterocycles. The fourth-order valence-electron chi connectivity index (χ4n) is 1.89. The number of nitrogens with one attached hydrogen (secondary N) is 1. The first-order valence-corrected chi connectivity index (χ1v) is 8.95.